The lowest BCUT2D eigenvalue weighted by Crippen LogP contribution is -2.18. The number of benzene rings is 1. The van der Waals surface area contributed by atoms with E-state index in [-0.39, 0.29) is 22.9 Å². The summed E-state index contributed by atoms with van der Waals surface area (Å²) in [6, 6.07) is 11.5. The number of nitrogens with one attached hydrogen (secondary N) is 2. The number of rotatable bonds is 7. The van der Waals surface area contributed by atoms with Crippen molar-refractivity contribution in [1.29, 1.82) is 0 Å². The number of hydrogen-bond acceptors (Lipinski definition) is 7. The van der Waals surface area contributed by atoms with Crippen molar-refractivity contribution in [1.82, 2.24) is 20.0 Å². The summed E-state index contributed by atoms with van der Waals surface area (Å²) in [6.45, 7) is 1.70. The SMILES string of the molecule is C[C@@H](OC(=O)Nc1c(-c2ccc(NS(C)(=O)=O)c(C(F)F)n2)nnn1C)c1ccccc1. The highest BCUT2D eigenvalue weighted by atomic mass is 32.2. The molecule has 0 fully saturated rings. The Labute approximate surface area is 182 Å². The number of halogens is 2. The van der Waals surface area contributed by atoms with Gasteiger partial charge in [0.15, 0.2) is 11.5 Å². The summed E-state index contributed by atoms with van der Waals surface area (Å²) in [4.78, 5) is 16.2. The molecule has 0 saturated carbocycles. The predicted octanol–water partition coefficient (Wildman–Crippen LogP) is 3.50. The number of nitrogens with zero attached hydrogens (tertiary/aromatic N) is 4. The van der Waals surface area contributed by atoms with E-state index in [1.807, 2.05) is 22.9 Å². The smallest absolute Gasteiger partial charge is 0.413 e. The zero-order valence-electron chi connectivity index (χ0n) is 17.3. The third-order valence-electron chi connectivity index (χ3n) is 4.27. The summed E-state index contributed by atoms with van der Waals surface area (Å²) in [5.74, 6) is 0.0619. The number of carbonyl (C=O) groups is 1. The Morgan fingerprint density at radius 3 is 2.47 bits per heavy atom. The number of carbonyl (C=O) groups excluding carboxylic acids is 1. The van der Waals surface area contributed by atoms with Crippen LogP contribution in [0.25, 0.3) is 11.4 Å². The van der Waals surface area contributed by atoms with Crippen LogP contribution in [-0.2, 0) is 21.8 Å². The van der Waals surface area contributed by atoms with Gasteiger partial charge in [0.25, 0.3) is 6.43 Å². The lowest BCUT2D eigenvalue weighted by atomic mass is 10.1. The molecule has 0 aliphatic heterocycles. The molecule has 0 spiro atoms. The molecule has 1 amide bonds. The van der Waals surface area contributed by atoms with E-state index in [9.17, 15) is 22.0 Å². The average molecular weight is 466 g/mol. The zero-order valence-corrected chi connectivity index (χ0v) is 18.1. The van der Waals surface area contributed by atoms with Crippen molar-refractivity contribution >= 4 is 27.6 Å². The molecule has 13 heteroatoms. The molecule has 1 atom stereocenters. The number of aryl methyl sites for hydroxylation is 1. The lowest BCUT2D eigenvalue weighted by Gasteiger charge is -2.15. The number of sulfonamides is 1. The molecule has 0 radical (unpaired) electrons. The molecule has 2 heterocycles. The Bertz CT molecular complexity index is 1220. The first kappa shape index (κ1) is 23.1. The number of alkyl halides is 2. The molecule has 3 rings (SSSR count). The van der Waals surface area contributed by atoms with Gasteiger partial charge in [-0.05, 0) is 24.6 Å². The molecule has 2 aromatic heterocycles. The molecule has 32 heavy (non-hydrogen) atoms. The van der Waals surface area contributed by atoms with Gasteiger partial charge in [-0.1, -0.05) is 35.5 Å². The van der Waals surface area contributed by atoms with Crippen LogP contribution in [0.4, 0.5) is 25.1 Å². The average Bonchev–Trinajstić information content (AvgIpc) is 3.07. The molecule has 170 valence electrons. The van der Waals surface area contributed by atoms with Crippen LogP contribution in [0.15, 0.2) is 42.5 Å². The monoisotopic (exact) mass is 466 g/mol. The highest BCUT2D eigenvalue weighted by Crippen LogP contribution is 2.31. The molecule has 0 aliphatic carbocycles. The molecule has 0 unspecified atom stereocenters. The number of ether oxygens (including phenoxy) is 1. The van der Waals surface area contributed by atoms with Gasteiger partial charge < -0.3 is 4.74 Å². The second kappa shape index (κ2) is 9.26. The maximum atomic E-state index is 13.5. The van der Waals surface area contributed by atoms with Gasteiger partial charge in [-0.25, -0.2) is 31.7 Å². The fourth-order valence-electron chi connectivity index (χ4n) is 2.81. The Balaban J connectivity index is 1.86. The minimum absolute atomic E-state index is 0.00428. The predicted molar refractivity (Wildman–Crippen MR) is 113 cm³/mol. The van der Waals surface area contributed by atoms with E-state index in [1.165, 1.54) is 17.8 Å². The maximum Gasteiger partial charge on any atom is 0.413 e. The van der Waals surface area contributed by atoms with Gasteiger partial charge >= 0.3 is 6.09 Å². The van der Waals surface area contributed by atoms with Crippen LogP contribution in [0.2, 0.25) is 0 Å². The molecular weight excluding hydrogens is 446 g/mol. The van der Waals surface area contributed by atoms with E-state index < -0.39 is 34.3 Å². The van der Waals surface area contributed by atoms with E-state index in [1.54, 1.807) is 19.1 Å². The summed E-state index contributed by atoms with van der Waals surface area (Å²) in [6.07, 6.45) is -3.59. The van der Waals surface area contributed by atoms with Crippen LogP contribution in [0.3, 0.4) is 0 Å². The van der Waals surface area contributed by atoms with Crippen LogP contribution in [0.5, 0.6) is 0 Å². The molecule has 0 bridgehead atoms. The first-order chi connectivity index (χ1) is 15.0. The van der Waals surface area contributed by atoms with E-state index in [0.717, 1.165) is 17.9 Å². The Hall–Kier alpha value is -3.61. The number of hydrogen-bond donors (Lipinski definition) is 2. The summed E-state index contributed by atoms with van der Waals surface area (Å²) in [5.41, 5.74) is -0.405. The fourth-order valence-corrected chi connectivity index (χ4v) is 3.38. The molecule has 0 saturated heterocycles. The molecular formula is C19H20F2N6O4S. The Morgan fingerprint density at radius 2 is 1.84 bits per heavy atom. The van der Waals surface area contributed by atoms with Crippen molar-refractivity contribution in [2.45, 2.75) is 19.5 Å². The first-order valence-corrected chi connectivity index (χ1v) is 11.1. The summed E-state index contributed by atoms with van der Waals surface area (Å²) < 4.78 is 58.4. The first-order valence-electron chi connectivity index (χ1n) is 9.24. The second-order valence-electron chi connectivity index (χ2n) is 6.80. The lowest BCUT2D eigenvalue weighted by molar-refractivity contribution is 0.121. The van der Waals surface area contributed by atoms with E-state index >= 15 is 0 Å². The van der Waals surface area contributed by atoms with Gasteiger partial charge in [0, 0.05) is 7.05 Å². The third-order valence-corrected chi connectivity index (χ3v) is 4.86. The van der Waals surface area contributed by atoms with Crippen molar-refractivity contribution in [3.05, 3.63) is 53.7 Å². The van der Waals surface area contributed by atoms with E-state index in [2.05, 4.69) is 20.6 Å². The van der Waals surface area contributed by atoms with Gasteiger partial charge in [0.2, 0.25) is 10.0 Å². The quantitative estimate of drug-likeness (QED) is 0.545. The van der Waals surface area contributed by atoms with Crippen LogP contribution in [0, 0.1) is 0 Å². The minimum Gasteiger partial charge on any atom is -0.441 e. The van der Waals surface area contributed by atoms with Gasteiger partial charge in [0.1, 0.15) is 11.8 Å². The number of pyridine rings is 1. The topological polar surface area (TPSA) is 128 Å². The van der Waals surface area contributed by atoms with Crippen molar-refractivity contribution in [2.75, 3.05) is 16.3 Å². The maximum absolute atomic E-state index is 13.5. The minimum atomic E-state index is -3.79. The zero-order chi connectivity index (χ0) is 23.5. The second-order valence-corrected chi connectivity index (χ2v) is 8.55. The summed E-state index contributed by atoms with van der Waals surface area (Å²) >= 11 is 0. The standard InChI is InChI=1S/C19H20F2N6O4S/c1-11(12-7-5-4-6-8-12)31-19(28)23-18-16(24-26-27(18)2)13-9-10-14(25-32(3,29)30)15(22-13)17(20)21/h4-11,17,25H,1-3H3,(H,23,28)/t11-/m1/s1. The van der Waals surface area contributed by atoms with Gasteiger partial charge in [-0.15, -0.1) is 5.10 Å². The largest absolute Gasteiger partial charge is 0.441 e. The van der Waals surface area contributed by atoms with Crippen molar-refractivity contribution in [2.24, 2.45) is 7.05 Å². The normalized spacial score (nSPS) is 12.4. The van der Waals surface area contributed by atoms with Gasteiger partial charge in [-0.3, -0.25) is 10.0 Å². The van der Waals surface area contributed by atoms with Crippen LogP contribution in [0.1, 0.15) is 30.7 Å². The third kappa shape index (κ3) is 5.55. The number of aromatic nitrogens is 4. The van der Waals surface area contributed by atoms with E-state index in [0.29, 0.717) is 0 Å². The molecule has 10 nitrogen and oxygen atoms in total. The highest BCUT2D eigenvalue weighted by molar-refractivity contribution is 7.92. The van der Waals surface area contributed by atoms with Gasteiger partial charge in [-0.2, -0.15) is 0 Å². The van der Waals surface area contributed by atoms with Crippen LogP contribution >= 0.6 is 0 Å². The molecule has 3 aromatic rings. The summed E-state index contributed by atoms with van der Waals surface area (Å²) in [7, 11) is -2.31. The number of amides is 1. The molecule has 2 N–H and O–H groups in total. The van der Waals surface area contributed by atoms with Crippen molar-refractivity contribution in [3.8, 4) is 11.4 Å². The molecule has 0 aliphatic rings. The fraction of sp³-hybridized carbons (Fsp3) is 0.263. The van der Waals surface area contributed by atoms with Crippen LogP contribution < -0.4 is 10.0 Å². The Kier molecular flexibility index (Phi) is 6.67. The Morgan fingerprint density at radius 1 is 1.16 bits per heavy atom. The highest BCUT2D eigenvalue weighted by Gasteiger charge is 2.23. The summed E-state index contributed by atoms with van der Waals surface area (Å²) in [5, 5.41) is 10.2. The molecule has 1 aromatic carbocycles. The van der Waals surface area contributed by atoms with E-state index in [4.69, 9.17) is 4.74 Å². The van der Waals surface area contributed by atoms with Gasteiger partial charge in [0.05, 0.1) is 17.6 Å². The van der Waals surface area contributed by atoms with Crippen LogP contribution in [-0.4, -0.2) is 40.7 Å². The van der Waals surface area contributed by atoms with Crippen molar-refractivity contribution in [3.63, 3.8) is 0 Å². The van der Waals surface area contributed by atoms with Crippen molar-refractivity contribution < 1.29 is 26.7 Å². The number of anilines is 2.